The van der Waals surface area contributed by atoms with E-state index in [0.717, 1.165) is 12.8 Å². The Morgan fingerprint density at radius 2 is 1.00 bits per heavy atom. The minimum absolute atomic E-state index is 0.148. The van der Waals surface area contributed by atoms with Crippen LogP contribution in [0.3, 0.4) is 0 Å². The maximum Gasteiger partial charge on any atom is -0.189 e. The minimum atomic E-state index is -0.492. The molecule has 0 saturated heterocycles. The van der Waals surface area contributed by atoms with E-state index in [1.54, 1.807) is 0 Å². The van der Waals surface area contributed by atoms with Crippen LogP contribution in [0.5, 0.6) is 0 Å². The van der Waals surface area contributed by atoms with Crippen molar-refractivity contribution >= 4 is 0 Å². The molecular weight excluding hydrogens is 440 g/mol. The van der Waals surface area contributed by atoms with Crippen LogP contribution < -0.4 is 0 Å². The van der Waals surface area contributed by atoms with Crippen molar-refractivity contribution in [2.45, 2.75) is 146 Å². The molecule has 4 nitrogen and oxygen atoms in total. The van der Waals surface area contributed by atoms with E-state index in [1.807, 2.05) is 0 Å². The van der Waals surface area contributed by atoms with Gasteiger partial charge in [0.15, 0.2) is 0 Å². The van der Waals surface area contributed by atoms with Crippen LogP contribution in [0.4, 0.5) is 0 Å². The van der Waals surface area contributed by atoms with E-state index in [9.17, 15) is 0 Å². The summed E-state index contributed by atoms with van der Waals surface area (Å²) in [5, 5.41) is 9.10. The molecule has 0 aromatic carbocycles. The van der Waals surface area contributed by atoms with Crippen molar-refractivity contribution in [2.24, 2.45) is 12.9 Å². The molecule has 0 radical (unpaired) electrons. The molecule has 0 bridgehead atoms. The fraction of sp³-hybridized carbons (Fsp3) is 0.958. The van der Waals surface area contributed by atoms with E-state index >= 15 is 0 Å². The summed E-state index contributed by atoms with van der Waals surface area (Å²) in [5.74, 6) is 1.94. The Hall–Kier alpha value is 0.208. The Bertz CT molecular complexity index is 401. The van der Waals surface area contributed by atoms with Gasteiger partial charge in [-0.1, -0.05) is 47.5 Å². The van der Waals surface area contributed by atoms with E-state index in [4.69, 9.17) is 0 Å². The quantitative estimate of drug-likeness (QED) is 0.227. The summed E-state index contributed by atoms with van der Waals surface area (Å²) in [6.45, 7) is 32.1. The number of rotatable bonds is 9. The normalized spacial score (nSPS) is 12.0. The van der Waals surface area contributed by atoms with Crippen molar-refractivity contribution < 1.29 is 18.2 Å². The first kappa shape index (κ1) is 33.8. The summed E-state index contributed by atoms with van der Waals surface area (Å²) in [5.41, 5.74) is 0.297. The second-order valence-corrected chi connectivity index (χ2v) is 11.5. The van der Waals surface area contributed by atoms with E-state index in [1.165, 1.54) is 5.92 Å². The molecule has 0 amide bonds. The molecule has 0 aliphatic carbocycles. The molecule has 0 aliphatic heterocycles. The largest absolute Gasteiger partial charge is 0.323 e. The van der Waals surface area contributed by atoms with Crippen LogP contribution in [0.2, 0.25) is 0 Å². The molecule has 0 aromatic rings. The topological polar surface area (TPSA) is 52.9 Å². The van der Waals surface area contributed by atoms with Crippen LogP contribution in [0.1, 0.15) is 117 Å². The van der Waals surface area contributed by atoms with Gasteiger partial charge in [0.1, 0.15) is 0 Å². The first-order chi connectivity index (χ1) is 13.0. The number of nitrogens with zero attached hydrogens (tertiary/aromatic N) is 4. The van der Waals surface area contributed by atoms with Gasteiger partial charge in [0.25, 0.3) is 0 Å². The molecule has 0 fully saturated rings. The van der Waals surface area contributed by atoms with Crippen LogP contribution in [-0.4, -0.2) is 29.3 Å². The van der Waals surface area contributed by atoms with Crippen LogP contribution >= 0.6 is 0 Å². The van der Waals surface area contributed by atoms with Gasteiger partial charge in [-0.25, -0.2) is 6.17 Å². The zero-order valence-electron chi connectivity index (χ0n) is 22.4. The fourth-order valence-electron chi connectivity index (χ4n) is 1.36. The molecule has 0 atom stereocenters. The predicted molar refractivity (Wildman–Crippen MR) is 129 cm³/mol. The Labute approximate surface area is 193 Å². The summed E-state index contributed by atoms with van der Waals surface area (Å²) in [6, 6.07) is 0.778. The van der Waals surface area contributed by atoms with Crippen LogP contribution in [-0.2, 0) is 18.2 Å². The molecule has 0 N–H and O–H groups in total. The van der Waals surface area contributed by atoms with Crippen molar-refractivity contribution in [3.63, 3.8) is 0 Å². The van der Waals surface area contributed by atoms with Crippen molar-refractivity contribution in [1.82, 2.24) is 0 Å². The average Bonchev–Trinajstić information content (AvgIpc) is 2.53. The first-order valence-corrected chi connectivity index (χ1v) is 13.1. The molecule has 29 heavy (non-hydrogen) atoms. The monoisotopic (exact) mass is 495 g/mol. The van der Waals surface area contributed by atoms with Crippen molar-refractivity contribution in [1.29, 1.82) is 0 Å². The van der Waals surface area contributed by atoms with Gasteiger partial charge in [-0.3, -0.25) is 0 Å². The van der Waals surface area contributed by atoms with Gasteiger partial charge in [0.2, 0.25) is 0 Å². The minimum Gasteiger partial charge on any atom is -0.323 e. The summed E-state index contributed by atoms with van der Waals surface area (Å²) >= 11 is -0.492. The molecule has 0 saturated carbocycles. The SMILES string of the molecule is CC(C)[N-]C([N-]C(C)C)C(C)C.CCC(C)(C)[N]=[Mo]=[N]C(C)(C)CC.C[C-](C)C. The molecule has 0 aliphatic rings. The van der Waals surface area contributed by atoms with Gasteiger partial charge >= 0.3 is 90.7 Å². The fourth-order valence-corrected chi connectivity index (χ4v) is 3.19. The van der Waals surface area contributed by atoms with E-state index in [-0.39, 0.29) is 17.2 Å². The molecule has 0 unspecified atom stereocenters. The van der Waals surface area contributed by atoms with Gasteiger partial charge in [0, 0.05) is 0 Å². The van der Waals surface area contributed by atoms with Crippen LogP contribution in [0, 0.1) is 11.8 Å². The van der Waals surface area contributed by atoms with E-state index in [2.05, 4.69) is 121 Å². The van der Waals surface area contributed by atoms with Gasteiger partial charge < -0.3 is 16.6 Å². The van der Waals surface area contributed by atoms with Crippen LogP contribution in [0.25, 0.3) is 10.6 Å². The number of hydrogen-bond acceptors (Lipinski definition) is 2. The zero-order chi connectivity index (χ0) is 23.8. The third kappa shape index (κ3) is 28.2. The molecule has 5 heteroatoms. The summed E-state index contributed by atoms with van der Waals surface area (Å²) in [6.07, 6.45) is 2.41. The zero-order valence-corrected chi connectivity index (χ0v) is 24.4. The predicted octanol–water partition coefficient (Wildman–Crippen LogP) is 8.97. The molecule has 0 heterocycles. The molecule has 178 valence electrons. The van der Waals surface area contributed by atoms with Crippen LogP contribution in [0.15, 0.2) is 6.99 Å². The second kappa shape index (κ2) is 17.8. The maximum absolute atomic E-state index is 4.67. The summed E-state index contributed by atoms with van der Waals surface area (Å²) in [7, 11) is 0. The average molecular weight is 494 g/mol. The standard InChI is InChI=1S/C10H22N2.2C5H11N.C4H9.Mo/c1-7(2)10(11-8(3)4)12-9(5)6;2*1-4-5(2,3)6;1-4(2)3;/h7-10H,1-6H3;2*4H2,1-3H3;1-3H3;/q-2;;;-1;. The first-order valence-electron chi connectivity index (χ1n) is 11.3. The smallest absolute Gasteiger partial charge is 0.189 e. The molecule has 0 rings (SSSR count). The number of hydrogen-bond donors (Lipinski definition) is 0. The maximum atomic E-state index is 4.67. The van der Waals surface area contributed by atoms with Crippen molar-refractivity contribution in [3.05, 3.63) is 16.6 Å². The third-order valence-electron chi connectivity index (χ3n) is 3.80. The van der Waals surface area contributed by atoms with E-state index in [0.29, 0.717) is 18.0 Å². The van der Waals surface area contributed by atoms with Crippen molar-refractivity contribution in [2.75, 3.05) is 0 Å². The Morgan fingerprint density at radius 3 is 1.17 bits per heavy atom. The van der Waals surface area contributed by atoms with Crippen molar-refractivity contribution in [3.8, 4) is 0 Å². The summed E-state index contributed by atoms with van der Waals surface area (Å²) in [4.78, 5) is 0. The molecular formula is C24H53MoN4-3. The summed E-state index contributed by atoms with van der Waals surface area (Å²) < 4.78 is 9.34. The Balaban J connectivity index is -0.000000394. The van der Waals surface area contributed by atoms with Gasteiger partial charge in [-0.05, 0) is 0 Å². The molecule has 0 aromatic heterocycles. The Kier molecular flexibility index (Phi) is 20.8. The Morgan fingerprint density at radius 1 is 0.724 bits per heavy atom. The van der Waals surface area contributed by atoms with Gasteiger partial charge in [-0.15, -0.1) is 12.1 Å². The molecule has 0 spiro atoms. The second-order valence-electron chi connectivity index (χ2n) is 10.2. The third-order valence-corrected chi connectivity index (χ3v) is 6.64. The van der Waals surface area contributed by atoms with E-state index < -0.39 is 18.2 Å². The van der Waals surface area contributed by atoms with Gasteiger partial charge in [-0.2, -0.15) is 20.8 Å². The van der Waals surface area contributed by atoms with Gasteiger partial charge in [0.05, 0.1) is 0 Å².